The van der Waals surface area contributed by atoms with Crippen molar-refractivity contribution < 1.29 is 19.4 Å². The van der Waals surface area contributed by atoms with E-state index in [4.69, 9.17) is 14.6 Å². The number of aryl methyl sites for hydroxylation is 1. The van der Waals surface area contributed by atoms with Crippen LogP contribution in [0.4, 0.5) is 0 Å². The van der Waals surface area contributed by atoms with Crippen LogP contribution in [-0.4, -0.2) is 24.0 Å². The van der Waals surface area contributed by atoms with Crippen LogP contribution in [0.15, 0.2) is 24.3 Å². The zero-order valence-electron chi connectivity index (χ0n) is 13.7. The Bertz CT molecular complexity index is 431. The molecule has 1 unspecified atom stereocenters. The molecule has 1 N–H and O–H groups in total. The number of hydrogen-bond acceptors (Lipinski definition) is 3. The van der Waals surface area contributed by atoms with Crippen LogP contribution < -0.4 is 4.74 Å². The van der Waals surface area contributed by atoms with E-state index in [1.165, 1.54) is 32.1 Å². The van der Waals surface area contributed by atoms with E-state index in [1.807, 2.05) is 18.2 Å². The molecule has 4 heteroatoms. The van der Waals surface area contributed by atoms with E-state index in [0.717, 1.165) is 24.2 Å². The summed E-state index contributed by atoms with van der Waals surface area (Å²) >= 11 is 0. The molecule has 22 heavy (non-hydrogen) atoms. The average molecular weight is 308 g/mol. The minimum absolute atomic E-state index is 0.346. The first-order chi connectivity index (χ1) is 10.6. The van der Waals surface area contributed by atoms with Gasteiger partial charge in [-0.05, 0) is 31.4 Å². The lowest BCUT2D eigenvalue weighted by molar-refractivity contribution is -0.151. The van der Waals surface area contributed by atoms with Crippen LogP contribution in [0.25, 0.3) is 0 Å². The molecule has 4 nitrogen and oxygen atoms in total. The van der Waals surface area contributed by atoms with E-state index in [2.05, 4.69) is 13.0 Å². The Hall–Kier alpha value is -1.55. The molecule has 1 rings (SSSR count). The van der Waals surface area contributed by atoms with E-state index in [9.17, 15) is 4.79 Å². The number of carboxylic acid groups (broad SMARTS) is 1. The molecular weight excluding hydrogens is 280 g/mol. The van der Waals surface area contributed by atoms with Crippen LogP contribution in [0, 0.1) is 0 Å². The molecule has 0 bridgehead atoms. The van der Waals surface area contributed by atoms with Gasteiger partial charge in [0, 0.05) is 0 Å². The number of aliphatic carboxylic acids is 1. The van der Waals surface area contributed by atoms with E-state index in [-0.39, 0.29) is 6.61 Å². The highest BCUT2D eigenvalue weighted by atomic mass is 16.7. The largest absolute Gasteiger partial charge is 0.480 e. The minimum atomic E-state index is -0.990. The molecule has 0 heterocycles. The van der Waals surface area contributed by atoms with Gasteiger partial charge >= 0.3 is 5.97 Å². The molecule has 0 radical (unpaired) electrons. The predicted molar refractivity (Wildman–Crippen MR) is 87.2 cm³/mol. The smallest absolute Gasteiger partial charge is 0.329 e. The van der Waals surface area contributed by atoms with Gasteiger partial charge in [0.2, 0.25) is 0 Å². The monoisotopic (exact) mass is 308 g/mol. The van der Waals surface area contributed by atoms with Crippen LogP contribution in [0.1, 0.15) is 57.9 Å². The summed E-state index contributed by atoms with van der Waals surface area (Å²) in [5, 5.41) is 8.61. The predicted octanol–water partition coefficient (Wildman–Crippen LogP) is 4.42. The lowest BCUT2D eigenvalue weighted by atomic mass is 10.0. The summed E-state index contributed by atoms with van der Waals surface area (Å²) in [5.41, 5.74) is 1.16. The number of ether oxygens (including phenoxy) is 2. The number of rotatable bonds is 12. The Balaban J connectivity index is 2.39. The van der Waals surface area contributed by atoms with Gasteiger partial charge in [0.05, 0.1) is 0 Å². The second kappa shape index (κ2) is 11.1. The molecule has 1 aromatic carbocycles. The summed E-state index contributed by atoms with van der Waals surface area (Å²) in [7, 11) is 0. The number of unbranched alkanes of at least 4 members (excludes halogenated alkanes) is 5. The summed E-state index contributed by atoms with van der Waals surface area (Å²) in [4.78, 5) is 10.5. The Morgan fingerprint density at radius 2 is 1.82 bits per heavy atom. The van der Waals surface area contributed by atoms with Gasteiger partial charge in [0.1, 0.15) is 12.4 Å². The quantitative estimate of drug-likeness (QED) is 0.459. The molecule has 0 amide bonds. The number of para-hydroxylation sites is 1. The lowest BCUT2D eigenvalue weighted by Gasteiger charge is -2.17. The van der Waals surface area contributed by atoms with Crippen molar-refractivity contribution in [3.63, 3.8) is 0 Å². The molecule has 124 valence electrons. The van der Waals surface area contributed by atoms with Gasteiger partial charge in [-0.25, -0.2) is 4.79 Å². The fourth-order valence-electron chi connectivity index (χ4n) is 2.32. The third-order valence-corrected chi connectivity index (χ3v) is 3.51. The summed E-state index contributed by atoms with van der Waals surface area (Å²) in [6, 6.07) is 7.89. The zero-order valence-corrected chi connectivity index (χ0v) is 13.7. The lowest BCUT2D eigenvalue weighted by Crippen LogP contribution is -2.21. The maximum absolute atomic E-state index is 10.5. The van der Waals surface area contributed by atoms with Crippen LogP contribution in [0.3, 0.4) is 0 Å². The molecule has 0 aliphatic heterocycles. The van der Waals surface area contributed by atoms with Gasteiger partial charge < -0.3 is 14.6 Å². The average Bonchev–Trinajstić information content (AvgIpc) is 2.50. The molecule has 0 aliphatic rings. The van der Waals surface area contributed by atoms with Crippen LogP contribution in [0.5, 0.6) is 5.75 Å². The maximum Gasteiger partial charge on any atom is 0.329 e. The van der Waals surface area contributed by atoms with Crippen molar-refractivity contribution in [3.05, 3.63) is 29.8 Å². The molecular formula is C18H28O4. The Labute approximate surface area is 133 Å². The zero-order chi connectivity index (χ0) is 16.2. The molecule has 1 aromatic rings. The topological polar surface area (TPSA) is 55.8 Å². The second-order valence-corrected chi connectivity index (χ2v) is 5.52. The first-order valence-electron chi connectivity index (χ1n) is 8.21. The number of hydrogen-bond donors (Lipinski definition) is 1. The van der Waals surface area contributed by atoms with Crippen molar-refractivity contribution in [3.8, 4) is 5.75 Å². The van der Waals surface area contributed by atoms with Crippen LogP contribution in [0.2, 0.25) is 0 Å². The van der Waals surface area contributed by atoms with E-state index in [0.29, 0.717) is 0 Å². The standard InChI is InChI=1S/C18H28O4/c1-3-4-5-6-7-8-11-16-12-9-10-13-17(16)22-15(2)21-14-18(19)20/h9-10,12-13,15H,3-8,11,14H2,1-2H3,(H,19,20). The highest BCUT2D eigenvalue weighted by Crippen LogP contribution is 2.22. The van der Waals surface area contributed by atoms with Gasteiger partial charge in [-0.2, -0.15) is 0 Å². The van der Waals surface area contributed by atoms with Crippen molar-refractivity contribution in [2.75, 3.05) is 6.61 Å². The maximum atomic E-state index is 10.5. The van der Waals surface area contributed by atoms with Crippen LogP contribution in [-0.2, 0) is 16.0 Å². The van der Waals surface area contributed by atoms with E-state index < -0.39 is 12.3 Å². The summed E-state index contributed by atoms with van der Waals surface area (Å²) < 4.78 is 10.8. The first-order valence-corrected chi connectivity index (χ1v) is 8.21. The SMILES string of the molecule is CCCCCCCCc1ccccc1OC(C)OCC(=O)O. The van der Waals surface area contributed by atoms with Gasteiger partial charge in [-0.15, -0.1) is 0 Å². The number of benzene rings is 1. The van der Waals surface area contributed by atoms with Gasteiger partial charge in [0.15, 0.2) is 6.29 Å². The van der Waals surface area contributed by atoms with Gasteiger partial charge in [0.25, 0.3) is 0 Å². The van der Waals surface area contributed by atoms with Crippen LogP contribution >= 0.6 is 0 Å². The molecule has 1 atom stereocenters. The molecule has 0 spiro atoms. The van der Waals surface area contributed by atoms with E-state index in [1.54, 1.807) is 6.92 Å². The van der Waals surface area contributed by atoms with E-state index >= 15 is 0 Å². The number of carboxylic acids is 1. The second-order valence-electron chi connectivity index (χ2n) is 5.52. The Kier molecular flexibility index (Phi) is 9.31. The number of carbonyl (C=O) groups is 1. The summed E-state index contributed by atoms with van der Waals surface area (Å²) in [5.74, 6) is -0.204. The molecule has 0 aromatic heterocycles. The van der Waals surface area contributed by atoms with Crippen molar-refractivity contribution in [1.29, 1.82) is 0 Å². The van der Waals surface area contributed by atoms with Gasteiger partial charge in [-0.1, -0.05) is 57.2 Å². The minimum Gasteiger partial charge on any atom is -0.480 e. The van der Waals surface area contributed by atoms with Crippen molar-refractivity contribution in [2.24, 2.45) is 0 Å². The highest BCUT2D eigenvalue weighted by Gasteiger charge is 2.09. The summed E-state index contributed by atoms with van der Waals surface area (Å²) in [6.07, 6.45) is 7.98. The Morgan fingerprint density at radius 3 is 2.55 bits per heavy atom. The molecule has 0 saturated heterocycles. The highest BCUT2D eigenvalue weighted by molar-refractivity contribution is 5.68. The Morgan fingerprint density at radius 1 is 1.14 bits per heavy atom. The summed E-state index contributed by atoms with van der Waals surface area (Å²) in [6.45, 7) is 3.59. The normalized spacial score (nSPS) is 12.1. The third kappa shape index (κ3) is 8.03. The first kappa shape index (κ1) is 18.5. The molecule has 0 fully saturated rings. The fraction of sp³-hybridized carbons (Fsp3) is 0.611. The van der Waals surface area contributed by atoms with Gasteiger partial charge in [-0.3, -0.25) is 0 Å². The third-order valence-electron chi connectivity index (χ3n) is 3.51. The van der Waals surface area contributed by atoms with Crippen molar-refractivity contribution >= 4 is 5.97 Å². The van der Waals surface area contributed by atoms with Crippen molar-refractivity contribution in [1.82, 2.24) is 0 Å². The van der Waals surface area contributed by atoms with Crippen molar-refractivity contribution in [2.45, 2.75) is 65.1 Å². The fourth-order valence-corrected chi connectivity index (χ4v) is 2.32. The molecule has 0 saturated carbocycles. The molecule has 0 aliphatic carbocycles.